The van der Waals surface area contributed by atoms with Gasteiger partial charge in [-0.25, -0.2) is 4.79 Å². The van der Waals surface area contributed by atoms with E-state index in [1.165, 1.54) is 6.08 Å². The monoisotopic (exact) mass is 525 g/mol. The number of hydrogen-bond acceptors (Lipinski definition) is 6. The molecule has 0 unspecified atom stereocenters. The smallest absolute Gasteiger partial charge is 0.345 e. The molecule has 0 aliphatic heterocycles. The summed E-state index contributed by atoms with van der Waals surface area (Å²) in [5, 5.41) is 15.6. The fourth-order valence-electron chi connectivity index (χ4n) is 3.22. The minimum Gasteiger partial charge on any atom is -0.462 e. The number of rotatable bonds is 7. The van der Waals surface area contributed by atoms with Gasteiger partial charge in [-0.3, -0.25) is 4.79 Å². The average Bonchev–Trinajstić information content (AvgIpc) is 3.11. The summed E-state index contributed by atoms with van der Waals surface area (Å²) in [6.45, 7) is 8.03. The van der Waals surface area contributed by atoms with Gasteiger partial charge in [-0.2, -0.15) is 5.26 Å². The largest absolute Gasteiger partial charge is 0.462 e. The summed E-state index contributed by atoms with van der Waals surface area (Å²) in [5.74, 6) is -1.45. The van der Waals surface area contributed by atoms with Crippen molar-refractivity contribution < 1.29 is 18.7 Å². The SMILES string of the molecule is CCOC(=O)c1c(Nc2cccc(Cl)c2)oc(/C=C(\C#N)C(=O)Nc2ccc(C(C)(C)C)cc2)c1Cl. The van der Waals surface area contributed by atoms with E-state index in [1.54, 1.807) is 43.3 Å². The van der Waals surface area contributed by atoms with E-state index in [4.69, 9.17) is 32.4 Å². The number of nitrogens with one attached hydrogen (secondary N) is 2. The number of halogens is 2. The molecule has 0 fully saturated rings. The molecule has 36 heavy (non-hydrogen) atoms. The molecule has 0 bridgehead atoms. The topological polar surface area (TPSA) is 104 Å². The molecule has 186 valence electrons. The van der Waals surface area contributed by atoms with E-state index in [9.17, 15) is 14.9 Å². The van der Waals surface area contributed by atoms with Crippen LogP contribution in [0.25, 0.3) is 6.08 Å². The summed E-state index contributed by atoms with van der Waals surface area (Å²) in [6, 6.07) is 15.9. The maximum atomic E-state index is 12.8. The third-order valence-electron chi connectivity index (χ3n) is 5.09. The molecule has 1 amide bonds. The molecule has 0 aliphatic rings. The van der Waals surface area contributed by atoms with Crippen LogP contribution in [0.5, 0.6) is 0 Å². The number of anilines is 3. The number of hydrogen-bond donors (Lipinski definition) is 2. The highest BCUT2D eigenvalue weighted by Crippen LogP contribution is 2.36. The van der Waals surface area contributed by atoms with Crippen LogP contribution < -0.4 is 10.6 Å². The zero-order valence-corrected chi connectivity index (χ0v) is 21.8. The van der Waals surface area contributed by atoms with Gasteiger partial charge in [-0.1, -0.05) is 62.2 Å². The molecule has 0 radical (unpaired) electrons. The Morgan fingerprint density at radius 2 is 1.81 bits per heavy atom. The number of ether oxygens (including phenoxy) is 1. The highest BCUT2D eigenvalue weighted by molar-refractivity contribution is 6.36. The van der Waals surface area contributed by atoms with Crippen molar-refractivity contribution in [3.05, 3.63) is 81.0 Å². The molecular formula is C27H25Cl2N3O4. The first-order valence-electron chi connectivity index (χ1n) is 11.1. The average molecular weight is 526 g/mol. The fraction of sp³-hybridized carbons (Fsp3) is 0.222. The van der Waals surface area contributed by atoms with E-state index in [1.807, 2.05) is 18.2 Å². The van der Waals surface area contributed by atoms with Crippen molar-refractivity contribution in [2.75, 3.05) is 17.2 Å². The van der Waals surface area contributed by atoms with Crippen molar-refractivity contribution in [1.29, 1.82) is 5.26 Å². The Bertz CT molecular complexity index is 1350. The van der Waals surface area contributed by atoms with Crippen molar-refractivity contribution in [1.82, 2.24) is 0 Å². The summed E-state index contributed by atoms with van der Waals surface area (Å²) < 4.78 is 10.8. The first-order chi connectivity index (χ1) is 17.0. The van der Waals surface area contributed by atoms with Crippen LogP contribution in [0.15, 0.2) is 58.5 Å². The maximum Gasteiger partial charge on any atom is 0.345 e. The Hall–Kier alpha value is -3.73. The lowest BCUT2D eigenvalue weighted by atomic mass is 9.87. The second-order valence-corrected chi connectivity index (χ2v) is 9.61. The summed E-state index contributed by atoms with van der Waals surface area (Å²) in [7, 11) is 0. The summed E-state index contributed by atoms with van der Waals surface area (Å²) in [6.07, 6.45) is 1.17. The summed E-state index contributed by atoms with van der Waals surface area (Å²) in [4.78, 5) is 25.4. The van der Waals surface area contributed by atoms with E-state index in [0.717, 1.165) is 5.56 Å². The molecule has 2 aromatic carbocycles. The van der Waals surface area contributed by atoms with Gasteiger partial charge in [0.25, 0.3) is 5.91 Å². The van der Waals surface area contributed by atoms with Crippen LogP contribution in [0.2, 0.25) is 10.0 Å². The molecule has 0 saturated heterocycles. The lowest BCUT2D eigenvalue weighted by Gasteiger charge is -2.19. The first-order valence-corrected chi connectivity index (χ1v) is 11.8. The first kappa shape index (κ1) is 26.9. The number of carbonyl (C=O) groups is 2. The van der Waals surface area contributed by atoms with E-state index in [2.05, 4.69) is 31.4 Å². The Morgan fingerprint density at radius 3 is 2.39 bits per heavy atom. The van der Waals surface area contributed by atoms with Crippen molar-refractivity contribution in [3.8, 4) is 6.07 Å². The van der Waals surface area contributed by atoms with Gasteiger partial charge in [0.2, 0.25) is 5.88 Å². The van der Waals surface area contributed by atoms with Gasteiger partial charge in [0, 0.05) is 22.5 Å². The van der Waals surface area contributed by atoms with Crippen LogP contribution in [-0.4, -0.2) is 18.5 Å². The van der Waals surface area contributed by atoms with Crippen molar-refractivity contribution in [3.63, 3.8) is 0 Å². The zero-order chi connectivity index (χ0) is 26.5. The number of esters is 1. The Morgan fingerprint density at radius 1 is 1.11 bits per heavy atom. The highest BCUT2D eigenvalue weighted by Gasteiger charge is 2.26. The number of benzene rings is 2. The van der Waals surface area contributed by atoms with Gasteiger partial charge in [0.05, 0.1) is 6.61 Å². The molecule has 0 aliphatic carbocycles. The van der Waals surface area contributed by atoms with E-state index in [-0.39, 0.29) is 39.8 Å². The third-order valence-corrected chi connectivity index (χ3v) is 5.70. The maximum absolute atomic E-state index is 12.8. The molecule has 3 aromatic rings. The molecule has 0 atom stereocenters. The molecule has 3 rings (SSSR count). The molecule has 9 heteroatoms. The Kier molecular flexibility index (Phi) is 8.46. The normalized spacial score (nSPS) is 11.5. The van der Waals surface area contributed by atoms with Crippen LogP contribution in [0.4, 0.5) is 17.3 Å². The lowest BCUT2D eigenvalue weighted by Crippen LogP contribution is -2.14. The molecule has 7 nitrogen and oxygen atoms in total. The van der Waals surface area contributed by atoms with Gasteiger partial charge in [-0.15, -0.1) is 0 Å². The minimum absolute atomic E-state index is 0.0116. The van der Waals surface area contributed by atoms with Gasteiger partial charge in [0.1, 0.15) is 22.2 Å². The number of nitriles is 1. The second kappa shape index (κ2) is 11.3. The van der Waals surface area contributed by atoms with Crippen molar-refractivity contribution in [2.24, 2.45) is 0 Å². The predicted octanol–water partition coefficient (Wildman–Crippen LogP) is 7.35. The number of amides is 1. The molecule has 0 spiro atoms. The molecular weight excluding hydrogens is 501 g/mol. The standard InChI is InChI=1S/C27H25Cl2N3O4/c1-5-35-26(34)22-23(29)21(36-25(22)32-20-8-6-7-18(28)14-20)13-16(15-30)24(33)31-19-11-9-17(10-12-19)27(2,3)4/h6-14,32H,5H2,1-4H3,(H,31,33)/b16-13+. The number of nitrogens with zero attached hydrogens (tertiary/aromatic N) is 1. The highest BCUT2D eigenvalue weighted by atomic mass is 35.5. The quantitative estimate of drug-likeness (QED) is 0.190. The number of carbonyl (C=O) groups excluding carboxylic acids is 2. The minimum atomic E-state index is -0.725. The van der Waals surface area contributed by atoms with Gasteiger partial charge >= 0.3 is 5.97 Å². The van der Waals surface area contributed by atoms with Crippen LogP contribution in [-0.2, 0) is 14.9 Å². The third kappa shape index (κ3) is 6.48. The van der Waals surface area contributed by atoms with Gasteiger partial charge in [-0.05, 0) is 48.2 Å². The fourth-order valence-corrected chi connectivity index (χ4v) is 3.67. The van der Waals surface area contributed by atoms with Crippen LogP contribution in [0.3, 0.4) is 0 Å². The summed E-state index contributed by atoms with van der Waals surface area (Å²) in [5.41, 5.74) is 1.78. The van der Waals surface area contributed by atoms with Crippen LogP contribution >= 0.6 is 23.2 Å². The van der Waals surface area contributed by atoms with Crippen LogP contribution in [0.1, 0.15) is 49.4 Å². The molecule has 1 heterocycles. The van der Waals surface area contributed by atoms with Crippen molar-refractivity contribution in [2.45, 2.75) is 33.1 Å². The predicted molar refractivity (Wildman–Crippen MR) is 142 cm³/mol. The van der Waals surface area contributed by atoms with Gasteiger partial charge in [0.15, 0.2) is 5.76 Å². The number of furan rings is 1. The van der Waals surface area contributed by atoms with E-state index >= 15 is 0 Å². The second-order valence-electron chi connectivity index (χ2n) is 8.79. The van der Waals surface area contributed by atoms with E-state index < -0.39 is 11.9 Å². The Labute approximate surface area is 219 Å². The molecule has 2 N–H and O–H groups in total. The summed E-state index contributed by atoms with van der Waals surface area (Å²) >= 11 is 12.5. The van der Waals surface area contributed by atoms with E-state index in [0.29, 0.717) is 16.4 Å². The Balaban J connectivity index is 1.93. The zero-order valence-electron chi connectivity index (χ0n) is 20.2. The lowest BCUT2D eigenvalue weighted by molar-refractivity contribution is -0.112. The van der Waals surface area contributed by atoms with Crippen LogP contribution in [0, 0.1) is 11.3 Å². The molecule has 1 aromatic heterocycles. The molecule has 0 saturated carbocycles. The van der Waals surface area contributed by atoms with Crippen molar-refractivity contribution >= 4 is 58.4 Å². The van der Waals surface area contributed by atoms with Gasteiger partial charge < -0.3 is 19.8 Å².